The van der Waals surface area contributed by atoms with E-state index >= 15 is 0 Å². The molecule has 0 aromatic heterocycles. The number of rotatable bonds is 12. The maximum absolute atomic E-state index is 14.1. The van der Waals surface area contributed by atoms with Gasteiger partial charge in [-0.15, -0.1) is 11.8 Å². The monoisotopic (exact) mass is 564 g/mol. The number of hydrogen-bond donors (Lipinski definition) is 3. The quantitative estimate of drug-likeness (QED) is 0.331. The van der Waals surface area contributed by atoms with Crippen LogP contribution in [0.2, 0.25) is 0 Å². The number of para-hydroxylation sites is 1. The number of aliphatic hydroxyl groups is 1. The van der Waals surface area contributed by atoms with Gasteiger partial charge in [-0.1, -0.05) is 18.2 Å². The van der Waals surface area contributed by atoms with E-state index in [1.807, 2.05) is 54.6 Å². The van der Waals surface area contributed by atoms with Crippen LogP contribution in [0.1, 0.15) is 46.0 Å². The maximum atomic E-state index is 14.1. The van der Waals surface area contributed by atoms with Gasteiger partial charge in [0.05, 0.1) is 16.6 Å². The number of hydrogen-bond acceptors (Lipinski definition) is 6. The first-order valence-corrected chi connectivity index (χ1v) is 15.4. The molecule has 3 fully saturated rings. The largest absolute Gasteiger partial charge is 0.396 e. The molecule has 0 saturated carbocycles. The third kappa shape index (κ3) is 5.21. The molecule has 214 valence electrons. The third-order valence-corrected chi connectivity index (χ3v) is 10.7. The fourth-order valence-electron chi connectivity index (χ4n) is 6.87. The molecular weight excluding hydrogens is 524 g/mol. The van der Waals surface area contributed by atoms with Gasteiger partial charge in [0, 0.05) is 48.6 Å². The molecule has 0 radical (unpaired) electrons. The lowest BCUT2D eigenvalue weighted by Crippen LogP contribution is -2.51. The summed E-state index contributed by atoms with van der Waals surface area (Å²) in [5.74, 6) is -1.43. The summed E-state index contributed by atoms with van der Waals surface area (Å²) in [6, 6.07) is 16.5. The van der Waals surface area contributed by atoms with Gasteiger partial charge in [-0.25, -0.2) is 0 Å². The van der Waals surface area contributed by atoms with E-state index in [1.54, 1.807) is 16.7 Å². The Bertz CT molecular complexity index is 1210. The van der Waals surface area contributed by atoms with Gasteiger partial charge in [-0.05, 0) is 82.3 Å². The van der Waals surface area contributed by atoms with Gasteiger partial charge in [-0.3, -0.25) is 14.4 Å². The van der Waals surface area contributed by atoms with Crippen LogP contribution in [0.4, 0.5) is 17.1 Å². The number of fused-ring (bicyclic) bond motifs is 1. The molecule has 2 aromatic rings. The number of carbonyl (C=O) groups excluding carboxylic acids is 3. The Labute approximate surface area is 240 Å². The standard InChI is InChI=1S/C31H40N4O4S/c1-3-34(4-2)23-15-13-22(14-16-23)33-29(38)27-31-18-17-24(40-31)25(28(37)32-21-11-7-5-8-12-21)26(31)30(39)35(27)19-9-6-10-20-36/h5,7-8,11-16,24-27,36H,3-4,6,9-10,17-20H2,1-2H3,(H,32,37)(H,33,38)/t24-,25+,26+,27?,31?/m1/s1. The summed E-state index contributed by atoms with van der Waals surface area (Å²) in [4.78, 5) is 45.6. The summed E-state index contributed by atoms with van der Waals surface area (Å²) >= 11 is 1.68. The van der Waals surface area contributed by atoms with Crippen molar-refractivity contribution in [2.24, 2.45) is 11.8 Å². The summed E-state index contributed by atoms with van der Waals surface area (Å²) < 4.78 is -0.622. The number of aliphatic hydroxyl groups excluding tert-OH is 1. The van der Waals surface area contributed by atoms with Gasteiger partial charge in [0.25, 0.3) is 0 Å². The molecule has 3 heterocycles. The van der Waals surface area contributed by atoms with Crippen molar-refractivity contribution in [1.82, 2.24) is 4.90 Å². The van der Waals surface area contributed by atoms with Gasteiger partial charge in [-0.2, -0.15) is 0 Å². The smallest absolute Gasteiger partial charge is 0.248 e. The topological polar surface area (TPSA) is 102 Å². The second-order valence-corrected chi connectivity index (χ2v) is 12.5. The molecule has 3 aliphatic rings. The SMILES string of the molecule is CCN(CC)c1ccc(NC(=O)C2N(CCCCCO)C(=O)[C@@H]3[C@@H](C(=O)Nc4ccccc4)[C@H]4CCC23S4)cc1. The Morgan fingerprint density at radius 3 is 2.33 bits per heavy atom. The highest BCUT2D eigenvalue weighted by Gasteiger charge is 2.73. The number of anilines is 3. The van der Waals surface area contributed by atoms with Gasteiger partial charge in [0.15, 0.2) is 0 Å². The average Bonchev–Trinajstić information content (AvgIpc) is 3.60. The summed E-state index contributed by atoms with van der Waals surface area (Å²) in [6.45, 7) is 6.57. The first kappa shape index (κ1) is 28.5. The van der Waals surface area contributed by atoms with Gasteiger partial charge >= 0.3 is 0 Å². The molecule has 5 rings (SSSR count). The molecule has 5 atom stereocenters. The van der Waals surface area contributed by atoms with Crippen LogP contribution < -0.4 is 15.5 Å². The van der Waals surface area contributed by atoms with E-state index in [9.17, 15) is 19.5 Å². The Morgan fingerprint density at radius 1 is 0.975 bits per heavy atom. The van der Waals surface area contributed by atoms with E-state index in [2.05, 4.69) is 29.4 Å². The van der Waals surface area contributed by atoms with Gasteiger partial charge in [0.1, 0.15) is 6.04 Å². The molecule has 0 aliphatic carbocycles. The second-order valence-electron chi connectivity index (χ2n) is 10.9. The van der Waals surface area contributed by atoms with E-state index in [4.69, 9.17) is 0 Å². The number of carbonyl (C=O) groups is 3. The van der Waals surface area contributed by atoms with Crippen LogP contribution in [-0.4, -0.2) is 70.0 Å². The van der Waals surface area contributed by atoms with Crippen molar-refractivity contribution < 1.29 is 19.5 Å². The number of nitrogens with one attached hydrogen (secondary N) is 2. The molecule has 3 amide bonds. The minimum atomic E-state index is -0.647. The van der Waals surface area contributed by atoms with Crippen LogP contribution >= 0.6 is 11.8 Å². The van der Waals surface area contributed by atoms with E-state index in [-0.39, 0.29) is 29.6 Å². The van der Waals surface area contributed by atoms with Crippen LogP contribution in [0, 0.1) is 11.8 Å². The number of benzene rings is 2. The Hall–Kier alpha value is -3.04. The number of nitrogens with zero attached hydrogens (tertiary/aromatic N) is 2. The highest BCUT2D eigenvalue weighted by molar-refractivity contribution is 8.02. The zero-order chi connectivity index (χ0) is 28.3. The Morgan fingerprint density at radius 2 is 1.65 bits per heavy atom. The van der Waals surface area contributed by atoms with Crippen LogP contribution in [0.15, 0.2) is 54.6 Å². The fourth-order valence-corrected chi connectivity index (χ4v) is 9.09. The van der Waals surface area contributed by atoms with Crippen molar-refractivity contribution in [3.8, 4) is 0 Å². The number of likely N-dealkylation sites (tertiary alicyclic amines) is 1. The van der Waals surface area contributed by atoms with Gasteiger partial charge < -0.3 is 25.5 Å². The van der Waals surface area contributed by atoms with Gasteiger partial charge in [0.2, 0.25) is 17.7 Å². The van der Waals surface area contributed by atoms with Crippen LogP contribution in [0.3, 0.4) is 0 Å². The average molecular weight is 565 g/mol. The lowest BCUT2D eigenvalue weighted by atomic mass is 9.70. The number of amides is 3. The van der Waals surface area contributed by atoms with Crippen LogP contribution in [0.25, 0.3) is 0 Å². The lowest BCUT2D eigenvalue weighted by Gasteiger charge is -2.34. The van der Waals surface area contributed by atoms with Crippen molar-refractivity contribution >= 4 is 46.5 Å². The van der Waals surface area contributed by atoms with Crippen molar-refractivity contribution in [2.75, 3.05) is 41.8 Å². The normalized spacial score (nSPS) is 26.6. The zero-order valence-corrected chi connectivity index (χ0v) is 24.2. The molecule has 9 heteroatoms. The lowest BCUT2D eigenvalue weighted by molar-refractivity contribution is -0.138. The third-order valence-electron chi connectivity index (χ3n) is 8.71. The number of thioether (sulfide) groups is 1. The Kier molecular flexibility index (Phi) is 8.71. The molecule has 3 N–H and O–H groups in total. The minimum Gasteiger partial charge on any atom is -0.396 e. The van der Waals surface area contributed by atoms with E-state index in [0.717, 1.165) is 38.0 Å². The molecule has 40 heavy (non-hydrogen) atoms. The van der Waals surface area contributed by atoms with Crippen LogP contribution in [-0.2, 0) is 14.4 Å². The van der Waals surface area contributed by atoms with Crippen LogP contribution in [0.5, 0.6) is 0 Å². The number of unbranched alkanes of at least 4 members (excludes halogenated alkanes) is 2. The predicted octanol–water partition coefficient (Wildman–Crippen LogP) is 4.36. The first-order valence-electron chi connectivity index (χ1n) is 14.5. The molecule has 3 saturated heterocycles. The molecule has 2 bridgehead atoms. The van der Waals surface area contributed by atoms with E-state index in [1.165, 1.54) is 0 Å². The molecule has 2 unspecified atom stereocenters. The molecule has 2 aromatic carbocycles. The summed E-state index contributed by atoms with van der Waals surface area (Å²) in [6.07, 6.45) is 3.67. The highest BCUT2D eigenvalue weighted by atomic mass is 32.2. The minimum absolute atomic E-state index is 0.0119. The van der Waals surface area contributed by atoms with E-state index < -0.39 is 22.6 Å². The summed E-state index contributed by atoms with van der Waals surface area (Å²) in [5, 5.41) is 15.4. The zero-order valence-electron chi connectivity index (χ0n) is 23.3. The first-order chi connectivity index (χ1) is 19.4. The Balaban J connectivity index is 1.40. The molecular formula is C31H40N4O4S. The second kappa shape index (κ2) is 12.2. The molecule has 8 nitrogen and oxygen atoms in total. The van der Waals surface area contributed by atoms with Crippen molar-refractivity contribution in [2.45, 2.75) is 62.0 Å². The predicted molar refractivity (Wildman–Crippen MR) is 160 cm³/mol. The molecule has 1 spiro atoms. The highest BCUT2D eigenvalue weighted by Crippen LogP contribution is 2.66. The summed E-state index contributed by atoms with van der Waals surface area (Å²) in [5.41, 5.74) is 2.51. The molecule has 3 aliphatic heterocycles. The van der Waals surface area contributed by atoms with Crippen molar-refractivity contribution in [1.29, 1.82) is 0 Å². The van der Waals surface area contributed by atoms with Crippen molar-refractivity contribution in [3.05, 3.63) is 54.6 Å². The van der Waals surface area contributed by atoms with Crippen molar-refractivity contribution in [3.63, 3.8) is 0 Å². The maximum Gasteiger partial charge on any atom is 0.248 e. The fraction of sp³-hybridized carbons (Fsp3) is 0.516. The van der Waals surface area contributed by atoms with E-state index in [0.29, 0.717) is 30.8 Å². The summed E-state index contributed by atoms with van der Waals surface area (Å²) in [7, 11) is 0.